The summed E-state index contributed by atoms with van der Waals surface area (Å²) in [6.45, 7) is 3.88. The summed E-state index contributed by atoms with van der Waals surface area (Å²) in [4.78, 5) is 12.6. The smallest absolute Gasteiger partial charge is 0.263 e. The van der Waals surface area contributed by atoms with Crippen LogP contribution in [0.25, 0.3) is 0 Å². The molecule has 2 aromatic rings. The lowest BCUT2D eigenvalue weighted by Gasteiger charge is -2.23. The lowest BCUT2D eigenvalue weighted by atomic mass is 9.95. The summed E-state index contributed by atoms with van der Waals surface area (Å²) in [5, 5.41) is 3.17. The molecule has 2 aliphatic rings. The van der Waals surface area contributed by atoms with Gasteiger partial charge in [0, 0.05) is 17.3 Å². The third kappa shape index (κ3) is 4.14. The molecule has 2 N–H and O–H groups in total. The molecule has 2 bridgehead atoms. The van der Waals surface area contributed by atoms with Crippen LogP contribution in [-0.4, -0.2) is 20.4 Å². The second-order valence-corrected chi connectivity index (χ2v) is 10.4. The number of hydrogen-bond acceptors (Lipinski definition) is 3. The SMILES string of the molecule is Cc1ccc(NS(=O)(=O)c2cc(C(=O)N[C@@H]3C[C@H]4CC[C@H]3C4)ccc2Cl)cc1C. The Balaban J connectivity index is 1.55. The highest BCUT2D eigenvalue weighted by molar-refractivity contribution is 7.92. The van der Waals surface area contributed by atoms with Crippen molar-refractivity contribution in [2.24, 2.45) is 11.8 Å². The maximum Gasteiger partial charge on any atom is 0.263 e. The number of halogens is 1. The van der Waals surface area contributed by atoms with E-state index in [1.165, 1.54) is 25.0 Å². The second kappa shape index (κ2) is 7.65. The average Bonchev–Trinajstić information content (AvgIpc) is 3.27. The molecule has 0 spiro atoms. The first kappa shape index (κ1) is 20.2. The van der Waals surface area contributed by atoms with E-state index < -0.39 is 10.0 Å². The van der Waals surface area contributed by atoms with E-state index in [2.05, 4.69) is 10.0 Å². The average molecular weight is 433 g/mol. The maximum absolute atomic E-state index is 12.9. The van der Waals surface area contributed by atoms with Crippen molar-refractivity contribution in [3.05, 3.63) is 58.1 Å². The van der Waals surface area contributed by atoms with E-state index in [9.17, 15) is 13.2 Å². The molecule has 0 unspecified atom stereocenters. The van der Waals surface area contributed by atoms with Crippen molar-refractivity contribution in [3.8, 4) is 0 Å². The van der Waals surface area contributed by atoms with Gasteiger partial charge in [-0.2, -0.15) is 0 Å². The van der Waals surface area contributed by atoms with Crippen LogP contribution in [0.15, 0.2) is 41.3 Å². The molecule has 0 radical (unpaired) electrons. The summed E-state index contributed by atoms with van der Waals surface area (Å²) in [6.07, 6.45) is 4.62. The molecule has 154 valence electrons. The van der Waals surface area contributed by atoms with Crippen LogP contribution in [0.2, 0.25) is 5.02 Å². The van der Waals surface area contributed by atoms with Gasteiger partial charge in [0.1, 0.15) is 4.90 Å². The fourth-order valence-corrected chi connectivity index (χ4v) is 6.12. The van der Waals surface area contributed by atoms with Gasteiger partial charge in [-0.05, 0) is 86.4 Å². The molecule has 0 aromatic heterocycles. The lowest BCUT2D eigenvalue weighted by Crippen LogP contribution is -2.38. The first-order valence-electron chi connectivity index (χ1n) is 9.93. The third-order valence-electron chi connectivity index (χ3n) is 6.30. The predicted octanol–water partition coefficient (Wildman–Crippen LogP) is 4.68. The number of hydrogen-bond donors (Lipinski definition) is 2. The molecule has 1 amide bonds. The van der Waals surface area contributed by atoms with Gasteiger partial charge >= 0.3 is 0 Å². The van der Waals surface area contributed by atoms with Crippen LogP contribution in [0.4, 0.5) is 5.69 Å². The number of benzene rings is 2. The van der Waals surface area contributed by atoms with E-state index in [0.717, 1.165) is 24.0 Å². The molecular formula is C22H25ClN2O3S. The van der Waals surface area contributed by atoms with Crippen molar-refractivity contribution < 1.29 is 13.2 Å². The summed E-state index contributed by atoms with van der Waals surface area (Å²) < 4.78 is 28.4. The highest BCUT2D eigenvalue weighted by atomic mass is 35.5. The van der Waals surface area contributed by atoms with Crippen LogP contribution in [0.5, 0.6) is 0 Å². The minimum atomic E-state index is -3.93. The molecule has 0 aliphatic heterocycles. The van der Waals surface area contributed by atoms with Crippen molar-refractivity contribution in [2.45, 2.75) is 50.5 Å². The topological polar surface area (TPSA) is 75.3 Å². The summed E-state index contributed by atoms with van der Waals surface area (Å²) in [5.74, 6) is 1.02. The minimum absolute atomic E-state index is 0.0813. The molecule has 29 heavy (non-hydrogen) atoms. The fraction of sp³-hybridized carbons (Fsp3) is 0.409. The first-order valence-corrected chi connectivity index (χ1v) is 11.8. The van der Waals surface area contributed by atoms with E-state index in [1.807, 2.05) is 19.9 Å². The Morgan fingerprint density at radius 3 is 2.48 bits per heavy atom. The molecule has 2 fully saturated rings. The number of nitrogens with one attached hydrogen (secondary N) is 2. The molecule has 5 nitrogen and oxygen atoms in total. The van der Waals surface area contributed by atoms with Crippen LogP contribution in [0, 0.1) is 25.7 Å². The highest BCUT2D eigenvalue weighted by Crippen LogP contribution is 2.44. The van der Waals surface area contributed by atoms with Crippen LogP contribution in [0.1, 0.15) is 47.2 Å². The molecule has 2 aromatic carbocycles. The highest BCUT2D eigenvalue weighted by Gasteiger charge is 2.40. The summed E-state index contributed by atoms with van der Waals surface area (Å²) in [6, 6.07) is 9.91. The Labute approximate surface area is 176 Å². The minimum Gasteiger partial charge on any atom is -0.349 e. The largest absolute Gasteiger partial charge is 0.349 e. The van der Waals surface area contributed by atoms with Crippen molar-refractivity contribution in [3.63, 3.8) is 0 Å². The van der Waals surface area contributed by atoms with Crippen molar-refractivity contribution in [2.75, 3.05) is 4.72 Å². The van der Waals surface area contributed by atoms with Gasteiger partial charge < -0.3 is 5.32 Å². The maximum atomic E-state index is 12.9. The molecule has 2 saturated carbocycles. The van der Waals surface area contributed by atoms with E-state index in [4.69, 9.17) is 11.6 Å². The quantitative estimate of drug-likeness (QED) is 0.720. The van der Waals surface area contributed by atoms with Gasteiger partial charge in [-0.25, -0.2) is 8.42 Å². The molecular weight excluding hydrogens is 408 g/mol. The molecule has 0 heterocycles. The number of amides is 1. The van der Waals surface area contributed by atoms with Gasteiger partial charge in [0.05, 0.1) is 5.02 Å². The zero-order valence-corrected chi connectivity index (χ0v) is 18.1. The number of carbonyl (C=O) groups is 1. The molecule has 0 saturated heterocycles. The second-order valence-electron chi connectivity index (χ2n) is 8.30. The Kier molecular flexibility index (Phi) is 5.34. The Morgan fingerprint density at radius 1 is 1.03 bits per heavy atom. The number of anilines is 1. The van der Waals surface area contributed by atoms with E-state index in [0.29, 0.717) is 23.1 Å². The van der Waals surface area contributed by atoms with E-state index >= 15 is 0 Å². The number of rotatable bonds is 5. The van der Waals surface area contributed by atoms with E-state index in [-0.39, 0.29) is 21.9 Å². The molecule has 3 atom stereocenters. The van der Waals surface area contributed by atoms with Crippen molar-refractivity contribution in [1.82, 2.24) is 5.32 Å². The van der Waals surface area contributed by atoms with Gasteiger partial charge in [-0.3, -0.25) is 9.52 Å². The lowest BCUT2D eigenvalue weighted by molar-refractivity contribution is 0.0922. The number of sulfonamides is 1. The summed E-state index contributed by atoms with van der Waals surface area (Å²) in [5.41, 5.74) is 2.82. The molecule has 2 aliphatic carbocycles. The first-order chi connectivity index (χ1) is 13.7. The molecule has 7 heteroatoms. The van der Waals surface area contributed by atoms with Crippen LogP contribution < -0.4 is 10.0 Å². The van der Waals surface area contributed by atoms with Gasteiger partial charge in [-0.1, -0.05) is 24.1 Å². The van der Waals surface area contributed by atoms with Crippen LogP contribution >= 0.6 is 11.6 Å². The summed E-state index contributed by atoms with van der Waals surface area (Å²) >= 11 is 6.18. The Bertz CT molecular complexity index is 1070. The normalized spacial score (nSPS) is 23.2. The fourth-order valence-electron chi connectivity index (χ4n) is 4.54. The zero-order chi connectivity index (χ0) is 20.8. The van der Waals surface area contributed by atoms with Gasteiger partial charge in [-0.15, -0.1) is 0 Å². The third-order valence-corrected chi connectivity index (χ3v) is 8.16. The number of fused-ring (bicyclic) bond motifs is 2. The predicted molar refractivity (Wildman–Crippen MR) is 115 cm³/mol. The number of aryl methyl sites for hydroxylation is 2. The van der Waals surface area contributed by atoms with Gasteiger partial charge in [0.2, 0.25) is 0 Å². The Morgan fingerprint density at radius 2 is 1.83 bits per heavy atom. The number of carbonyl (C=O) groups excluding carboxylic acids is 1. The van der Waals surface area contributed by atoms with Crippen molar-refractivity contribution >= 4 is 33.2 Å². The molecule has 4 rings (SSSR count). The van der Waals surface area contributed by atoms with Crippen molar-refractivity contribution in [1.29, 1.82) is 0 Å². The Hall–Kier alpha value is -2.05. The van der Waals surface area contributed by atoms with Crippen LogP contribution in [-0.2, 0) is 10.0 Å². The standard InChI is InChI=1S/C22H25ClN2O3S/c1-13-3-7-18(9-14(13)2)25-29(27,28)21-12-17(6-8-19(21)23)22(26)24-20-11-15-4-5-16(20)10-15/h3,6-9,12,15-16,20,25H,4-5,10-11H2,1-2H3,(H,24,26)/t15-,16-,20+/m0/s1. The van der Waals surface area contributed by atoms with Crippen LogP contribution in [0.3, 0.4) is 0 Å². The van der Waals surface area contributed by atoms with Gasteiger partial charge in [0.25, 0.3) is 15.9 Å². The summed E-state index contributed by atoms with van der Waals surface area (Å²) in [7, 11) is -3.93. The monoisotopic (exact) mass is 432 g/mol. The zero-order valence-electron chi connectivity index (χ0n) is 16.5. The van der Waals surface area contributed by atoms with Gasteiger partial charge in [0.15, 0.2) is 0 Å². The van der Waals surface area contributed by atoms with E-state index in [1.54, 1.807) is 18.2 Å².